The molecule has 0 saturated carbocycles. The smallest absolute Gasteiger partial charge is 0.240 e. The van der Waals surface area contributed by atoms with E-state index in [0.29, 0.717) is 5.69 Å². The molecule has 1 fully saturated rings. The third kappa shape index (κ3) is 2.76. The topological polar surface area (TPSA) is 56.1 Å². The van der Waals surface area contributed by atoms with Crippen molar-refractivity contribution >= 4 is 17.5 Å². The average molecular weight is 247 g/mol. The van der Waals surface area contributed by atoms with Crippen molar-refractivity contribution in [1.29, 1.82) is 0 Å². The molecule has 0 atom stereocenters. The molecule has 5 nitrogen and oxygen atoms in total. The molecule has 0 amide bonds. The molecule has 2 rings (SSSR count). The number of aliphatic hydroxyl groups excluding tert-OH is 1. The summed E-state index contributed by atoms with van der Waals surface area (Å²) in [5, 5.41) is 9.11. The van der Waals surface area contributed by atoms with E-state index in [1.165, 1.54) is 0 Å². The summed E-state index contributed by atoms with van der Waals surface area (Å²) in [5.74, 6) is 0. The Morgan fingerprint density at radius 3 is 2.67 bits per heavy atom. The second kappa shape index (κ2) is 5.78. The van der Waals surface area contributed by atoms with Crippen LogP contribution in [0.1, 0.15) is 5.56 Å². The summed E-state index contributed by atoms with van der Waals surface area (Å²) in [6.07, 6.45) is 1.58. The Bertz CT molecular complexity index is 461. The first-order chi connectivity index (χ1) is 8.74. The van der Waals surface area contributed by atoms with Crippen molar-refractivity contribution < 1.29 is 9.90 Å². The van der Waals surface area contributed by atoms with Crippen molar-refractivity contribution in [2.24, 2.45) is 4.99 Å². The highest BCUT2D eigenvalue weighted by molar-refractivity contribution is 5.70. The van der Waals surface area contributed by atoms with E-state index in [2.05, 4.69) is 21.8 Å². The van der Waals surface area contributed by atoms with Crippen LogP contribution in [0.5, 0.6) is 0 Å². The number of benzene rings is 1. The molecule has 0 aromatic heterocycles. The van der Waals surface area contributed by atoms with Crippen LogP contribution < -0.4 is 4.90 Å². The summed E-state index contributed by atoms with van der Waals surface area (Å²) >= 11 is 0. The van der Waals surface area contributed by atoms with Crippen molar-refractivity contribution in [2.75, 3.05) is 38.1 Å². The van der Waals surface area contributed by atoms with Gasteiger partial charge in [0.2, 0.25) is 6.08 Å². The van der Waals surface area contributed by atoms with Crippen LogP contribution in [0.15, 0.2) is 23.2 Å². The fraction of sp³-hybridized carbons (Fsp3) is 0.462. The van der Waals surface area contributed by atoms with E-state index in [-0.39, 0.29) is 6.61 Å². The van der Waals surface area contributed by atoms with Crippen molar-refractivity contribution in [3.8, 4) is 0 Å². The zero-order valence-corrected chi connectivity index (χ0v) is 10.5. The number of carbonyl (C=O) groups excluding carboxylic acids is 1. The van der Waals surface area contributed by atoms with Crippen LogP contribution in [0.2, 0.25) is 0 Å². The Hall–Kier alpha value is -1.68. The monoisotopic (exact) mass is 247 g/mol. The molecule has 0 spiro atoms. The number of likely N-dealkylation sites (N-methyl/N-ethyl adjacent to an activating group) is 1. The molecule has 0 aliphatic carbocycles. The van der Waals surface area contributed by atoms with Gasteiger partial charge in [-0.3, -0.25) is 0 Å². The average Bonchev–Trinajstić information content (AvgIpc) is 2.40. The van der Waals surface area contributed by atoms with Crippen LogP contribution >= 0.6 is 0 Å². The molecule has 5 heteroatoms. The number of hydrogen-bond donors (Lipinski definition) is 1. The second-order valence-corrected chi connectivity index (χ2v) is 4.47. The number of aliphatic hydroxyl groups is 1. The lowest BCUT2D eigenvalue weighted by Gasteiger charge is -2.34. The minimum Gasteiger partial charge on any atom is -0.392 e. The summed E-state index contributed by atoms with van der Waals surface area (Å²) in [6, 6.07) is 5.50. The maximum atomic E-state index is 10.5. The third-order valence-electron chi connectivity index (χ3n) is 3.23. The Labute approximate surface area is 106 Å². The van der Waals surface area contributed by atoms with Crippen molar-refractivity contribution in [3.63, 3.8) is 0 Å². The number of nitrogens with zero attached hydrogens (tertiary/aromatic N) is 3. The second-order valence-electron chi connectivity index (χ2n) is 4.47. The van der Waals surface area contributed by atoms with E-state index in [4.69, 9.17) is 5.11 Å². The summed E-state index contributed by atoms with van der Waals surface area (Å²) < 4.78 is 0. The van der Waals surface area contributed by atoms with Gasteiger partial charge in [0, 0.05) is 26.2 Å². The largest absolute Gasteiger partial charge is 0.392 e. The molecule has 0 unspecified atom stereocenters. The first kappa shape index (κ1) is 12.8. The Morgan fingerprint density at radius 1 is 1.33 bits per heavy atom. The molecule has 1 aromatic rings. The van der Waals surface area contributed by atoms with E-state index >= 15 is 0 Å². The minimum atomic E-state index is -0.0512. The summed E-state index contributed by atoms with van der Waals surface area (Å²) in [4.78, 5) is 18.7. The van der Waals surface area contributed by atoms with Crippen LogP contribution in [0.3, 0.4) is 0 Å². The van der Waals surface area contributed by atoms with Crippen LogP contribution in [0, 0.1) is 0 Å². The number of aliphatic imine (C=N–C) groups is 1. The van der Waals surface area contributed by atoms with Gasteiger partial charge in [-0.05, 0) is 24.7 Å². The molecule has 1 N–H and O–H groups in total. The van der Waals surface area contributed by atoms with Gasteiger partial charge in [0.05, 0.1) is 18.0 Å². The Balaban J connectivity index is 2.28. The Morgan fingerprint density at radius 2 is 2.06 bits per heavy atom. The minimum absolute atomic E-state index is 0.0512. The zero-order valence-electron chi connectivity index (χ0n) is 10.5. The quantitative estimate of drug-likeness (QED) is 0.637. The van der Waals surface area contributed by atoms with Gasteiger partial charge < -0.3 is 14.9 Å². The number of piperazine rings is 1. The third-order valence-corrected chi connectivity index (χ3v) is 3.23. The highest BCUT2D eigenvalue weighted by atomic mass is 16.3. The van der Waals surface area contributed by atoms with E-state index in [1.54, 1.807) is 12.1 Å². The molecule has 0 bridgehead atoms. The van der Waals surface area contributed by atoms with Gasteiger partial charge in [-0.25, -0.2) is 4.79 Å². The summed E-state index contributed by atoms with van der Waals surface area (Å²) in [5.41, 5.74) is 2.27. The lowest BCUT2D eigenvalue weighted by molar-refractivity contribution is 0.282. The molecular weight excluding hydrogens is 230 g/mol. The normalized spacial score (nSPS) is 16.4. The maximum Gasteiger partial charge on any atom is 0.240 e. The molecule has 1 aliphatic rings. The lowest BCUT2D eigenvalue weighted by atomic mass is 10.1. The van der Waals surface area contributed by atoms with Crippen LogP contribution in [0.4, 0.5) is 11.4 Å². The molecule has 0 radical (unpaired) electrons. The van der Waals surface area contributed by atoms with Crippen molar-refractivity contribution in [3.05, 3.63) is 23.8 Å². The fourth-order valence-corrected chi connectivity index (χ4v) is 2.12. The van der Waals surface area contributed by atoms with Crippen LogP contribution in [-0.2, 0) is 11.4 Å². The molecule has 1 heterocycles. The first-order valence-electron chi connectivity index (χ1n) is 5.99. The number of anilines is 1. The Kier molecular flexibility index (Phi) is 4.10. The van der Waals surface area contributed by atoms with Crippen LogP contribution in [-0.4, -0.2) is 49.3 Å². The van der Waals surface area contributed by atoms with Gasteiger partial charge in [0.1, 0.15) is 0 Å². The van der Waals surface area contributed by atoms with Crippen molar-refractivity contribution in [1.82, 2.24) is 4.90 Å². The van der Waals surface area contributed by atoms with Gasteiger partial charge in [0.25, 0.3) is 0 Å². The lowest BCUT2D eigenvalue weighted by Crippen LogP contribution is -2.44. The number of isocyanates is 1. The van der Waals surface area contributed by atoms with Gasteiger partial charge in [-0.15, -0.1) is 0 Å². The van der Waals surface area contributed by atoms with Crippen molar-refractivity contribution in [2.45, 2.75) is 6.61 Å². The fourth-order valence-electron chi connectivity index (χ4n) is 2.12. The number of hydrogen-bond acceptors (Lipinski definition) is 5. The molecular formula is C13H17N3O2. The molecule has 1 saturated heterocycles. The summed E-state index contributed by atoms with van der Waals surface area (Å²) in [6.45, 7) is 3.76. The van der Waals surface area contributed by atoms with E-state index in [1.807, 2.05) is 12.1 Å². The highest BCUT2D eigenvalue weighted by Crippen LogP contribution is 2.30. The van der Waals surface area contributed by atoms with Gasteiger partial charge in [0.15, 0.2) is 0 Å². The van der Waals surface area contributed by atoms with Gasteiger partial charge >= 0.3 is 0 Å². The van der Waals surface area contributed by atoms with Gasteiger partial charge in [-0.1, -0.05) is 6.07 Å². The standard InChI is InChI=1S/C13H17N3O2/c1-15-4-6-16(7-5-15)13-3-2-11(9-17)8-12(13)14-10-18/h2-3,8,17H,4-7,9H2,1H3. The predicted octanol–water partition coefficient (Wildman–Crippen LogP) is 0.898. The summed E-state index contributed by atoms with van der Waals surface area (Å²) in [7, 11) is 2.09. The molecule has 96 valence electrons. The zero-order chi connectivity index (χ0) is 13.0. The SMILES string of the molecule is CN1CCN(c2ccc(CO)cc2N=C=O)CC1. The molecule has 18 heavy (non-hydrogen) atoms. The highest BCUT2D eigenvalue weighted by Gasteiger charge is 2.17. The van der Waals surface area contributed by atoms with Gasteiger partial charge in [-0.2, -0.15) is 4.99 Å². The van der Waals surface area contributed by atoms with E-state index in [9.17, 15) is 4.79 Å². The van der Waals surface area contributed by atoms with E-state index < -0.39 is 0 Å². The maximum absolute atomic E-state index is 10.5. The first-order valence-corrected chi connectivity index (χ1v) is 5.99. The number of rotatable bonds is 3. The predicted molar refractivity (Wildman–Crippen MR) is 69.9 cm³/mol. The molecule has 1 aromatic carbocycles. The van der Waals surface area contributed by atoms with E-state index in [0.717, 1.165) is 37.4 Å². The van der Waals surface area contributed by atoms with Crippen LogP contribution in [0.25, 0.3) is 0 Å². The molecule has 1 aliphatic heterocycles.